The smallest absolute Gasteiger partial charge is 0.203 e. The molecule has 18 heavy (non-hydrogen) atoms. The van der Waals surface area contributed by atoms with Crippen molar-refractivity contribution < 1.29 is 13.9 Å². The van der Waals surface area contributed by atoms with Gasteiger partial charge in [0.1, 0.15) is 6.26 Å². The molecule has 0 unspecified atom stereocenters. The number of fused-ring (bicyclic) bond motifs is 1. The van der Waals surface area contributed by atoms with Crippen LogP contribution >= 0.6 is 0 Å². The maximum atomic E-state index is 11.9. The molecule has 0 fully saturated rings. The summed E-state index contributed by atoms with van der Waals surface area (Å²) in [6.45, 7) is 4.61. The molecule has 1 aromatic heterocycles. The zero-order chi connectivity index (χ0) is 13.1. The summed E-state index contributed by atoms with van der Waals surface area (Å²) in [5.74, 6) is 0.900. The third kappa shape index (κ3) is 2.27. The van der Waals surface area contributed by atoms with Gasteiger partial charge in [-0.2, -0.15) is 0 Å². The lowest BCUT2D eigenvalue weighted by Gasteiger charge is -2.10. The Hall–Kier alpha value is -2.10. The van der Waals surface area contributed by atoms with Crippen molar-refractivity contribution in [2.24, 2.45) is 5.92 Å². The molecule has 1 aromatic carbocycles. The molecule has 0 aliphatic rings. The van der Waals surface area contributed by atoms with Crippen molar-refractivity contribution in [1.82, 2.24) is 0 Å². The second kappa shape index (κ2) is 5.04. The molecule has 0 amide bonds. The molecular formula is C14H14O4. The van der Waals surface area contributed by atoms with E-state index in [0.717, 1.165) is 0 Å². The van der Waals surface area contributed by atoms with E-state index in [1.165, 1.54) is 6.26 Å². The Morgan fingerprint density at radius 3 is 2.83 bits per heavy atom. The van der Waals surface area contributed by atoms with E-state index in [-0.39, 0.29) is 11.0 Å². The standard InChI is InChI=1S/C14H14O4/c1-9(2)7-17-12-5-3-4-11-13(16)10(6-15)8-18-14(11)12/h3-6,8-9H,7H2,1-2H3. The van der Waals surface area contributed by atoms with Gasteiger partial charge in [0.25, 0.3) is 0 Å². The molecule has 0 spiro atoms. The average molecular weight is 246 g/mol. The van der Waals surface area contributed by atoms with Crippen LogP contribution in [0.4, 0.5) is 0 Å². The van der Waals surface area contributed by atoms with Gasteiger partial charge in [0.05, 0.1) is 17.6 Å². The number of hydrogen-bond donors (Lipinski definition) is 0. The van der Waals surface area contributed by atoms with Crippen molar-refractivity contribution in [3.63, 3.8) is 0 Å². The topological polar surface area (TPSA) is 56.5 Å². The van der Waals surface area contributed by atoms with Crippen LogP contribution in [0.3, 0.4) is 0 Å². The normalized spacial score (nSPS) is 10.8. The van der Waals surface area contributed by atoms with Crippen molar-refractivity contribution in [3.05, 3.63) is 40.2 Å². The van der Waals surface area contributed by atoms with E-state index >= 15 is 0 Å². The SMILES string of the molecule is CC(C)COc1cccc2c(=O)c(C=O)coc12. The number of ether oxygens (including phenoxy) is 1. The lowest BCUT2D eigenvalue weighted by Crippen LogP contribution is -2.09. The third-order valence-corrected chi connectivity index (χ3v) is 2.49. The summed E-state index contributed by atoms with van der Waals surface area (Å²) in [5.41, 5.74) is 0.0681. The molecule has 0 saturated carbocycles. The Balaban J connectivity index is 2.54. The minimum absolute atomic E-state index is 0.0171. The average Bonchev–Trinajstić information content (AvgIpc) is 2.37. The van der Waals surface area contributed by atoms with Crippen molar-refractivity contribution in [3.8, 4) is 5.75 Å². The van der Waals surface area contributed by atoms with Gasteiger partial charge >= 0.3 is 0 Å². The molecule has 4 nitrogen and oxygen atoms in total. The van der Waals surface area contributed by atoms with Gasteiger partial charge in [0.2, 0.25) is 5.43 Å². The van der Waals surface area contributed by atoms with Crippen LogP contribution in [0.15, 0.2) is 33.7 Å². The van der Waals surface area contributed by atoms with Crippen LogP contribution in [0, 0.1) is 5.92 Å². The van der Waals surface area contributed by atoms with E-state index in [2.05, 4.69) is 0 Å². The number of carbonyl (C=O) groups is 1. The first-order valence-corrected chi connectivity index (χ1v) is 5.76. The fourth-order valence-corrected chi connectivity index (χ4v) is 1.60. The summed E-state index contributed by atoms with van der Waals surface area (Å²) in [4.78, 5) is 22.6. The van der Waals surface area contributed by atoms with Gasteiger partial charge in [-0.1, -0.05) is 19.9 Å². The van der Waals surface area contributed by atoms with E-state index in [1.807, 2.05) is 13.8 Å². The summed E-state index contributed by atoms with van der Waals surface area (Å²) < 4.78 is 10.9. The summed E-state index contributed by atoms with van der Waals surface area (Å²) in [7, 11) is 0. The van der Waals surface area contributed by atoms with E-state index < -0.39 is 0 Å². The molecule has 0 aliphatic heterocycles. The van der Waals surface area contributed by atoms with E-state index in [4.69, 9.17) is 9.15 Å². The molecule has 2 rings (SSSR count). The molecule has 4 heteroatoms. The quantitative estimate of drug-likeness (QED) is 0.778. The maximum Gasteiger partial charge on any atom is 0.203 e. The third-order valence-electron chi connectivity index (χ3n) is 2.49. The first-order chi connectivity index (χ1) is 8.63. The Kier molecular flexibility index (Phi) is 3.46. The predicted molar refractivity (Wildman–Crippen MR) is 68.2 cm³/mol. The molecule has 1 heterocycles. The monoisotopic (exact) mass is 246 g/mol. The number of aldehydes is 1. The van der Waals surface area contributed by atoms with Crippen LogP contribution in [0.5, 0.6) is 5.75 Å². The van der Waals surface area contributed by atoms with Crippen LogP contribution < -0.4 is 10.2 Å². The van der Waals surface area contributed by atoms with Gasteiger partial charge in [-0.15, -0.1) is 0 Å². The van der Waals surface area contributed by atoms with E-state index in [9.17, 15) is 9.59 Å². The molecule has 0 aliphatic carbocycles. The number of rotatable bonds is 4. The van der Waals surface area contributed by atoms with Crippen LogP contribution in [-0.4, -0.2) is 12.9 Å². The molecule has 0 radical (unpaired) electrons. The Morgan fingerprint density at radius 1 is 1.39 bits per heavy atom. The second-order valence-corrected chi connectivity index (χ2v) is 4.48. The Morgan fingerprint density at radius 2 is 2.17 bits per heavy atom. The number of carbonyl (C=O) groups excluding carboxylic acids is 1. The van der Waals surface area contributed by atoms with Crippen LogP contribution in [0.25, 0.3) is 11.0 Å². The van der Waals surface area contributed by atoms with E-state index in [1.54, 1.807) is 18.2 Å². The minimum atomic E-state index is -0.332. The van der Waals surface area contributed by atoms with Gasteiger partial charge in [-0.3, -0.25) is 9.59 Å². The second-order valence-electron chi connectivity index (χ2n) is 4.48. The van der Waals surface area contributed by atoms with Gasteiger partial charge in [0.15, 0.2) is 17.6 Å². The maximum absolute atomic E-state index is 11.9. The van der Waals surface area contributed by atoms with Crippen LogP contribution in [-0.2, 0) is 0 Å². The van der Waals surface area contributed by atoms with Crippen LogP contribution in [0.2, 0.25) is 0 Å². The fourth-order valence-electron chi connectivity index (χ4n) is 1.60. The molecule has 0 atom stereocenters. The first kappa shape index (κ1) is 12.4. The highest BCUT2D eigenvalue weighted by molar-refractivity contribution is 5.87. The highest BCUT2D eigenvalue weighted by Gasteiger charge is 2.10. The number of para-hydroxylation sites is 1. The van der Waals surface area contributed by atoms with E-state index in [0.29, 0.717) is 35.5 Å². The van der Waals surface area contributed by atoms with Crippen molar-refractivity contribution in [2.75, 3.05) is 6.61 Å². The molecule has 0 N–H and O–H groups in total. The molecule has 0 saturated heterocycles. The zero-order valence-electron chi connectivity index (χ0n) is 10.3. The van der Waals surface area contributed by atoms with Crippen molar-refractivity contribution in [1.29, 1.82) is 0 Å². The summed E-state index contributed by atoms with van der Waals surface area (Å²) in [6.07, 6.45) is 1.66. The Bertz CT molecular complexity index is 625. The largest absolute Gasteiger partial charge is 0.489 e. The van der Waals surface area contributed by atoms with Crippen molar-refractivity contribution in [2.45, 2.75) is 13.8 Å². The lowest BCUT2D eigenvalue weighted by molar-refractivity contribution is 0.112. The molecule has 94 valence electrons. The highest BCUT2D eigenvalue weighted by Crippen LogP contribution is 2.24. The fraction of sp³-hybridized carbons (Fsp3) is 0.286. The zero-order valence-corrected chi connectivity index (χ0v) is 10.3. The van der Waals surface area contributed by atoms with Gasteiger partial charge < -0.3 is 9.15 Å². The molecule has 0 bridgehead atoms. The van der Waals surface area contributed by atoms with Crippen LogP contribution in [0.1, 0.15) is 24.2 Å². The van der Waals surface area contributed by atoms with Gasteiger partial charge in [0, 0.05) is 0 Å². The van der Waals surface area contributed by atoms with Gasteiger partial charge in [-0.05, 0) is 18.1 Å². The Labute approximate surface area is 104 Å². The van der Waals surface area contributed by atoms with Gasteiger partial charge in [-0.25, -0.2) is 0 Å². The lowest BCUT2D eigenvalue weighted by atomic mass is 10.1. The molecule has 2 aromatic rings. The predicted octanol–water partition coefficient (Wildman–Crippen LogP) is 2.64. The summed E-state index contributed by atoms with van der Waals surface area (Å²) >= 11 is 0. The first-order valence-electron chi connectivity index (χ1n) is 5.76. The molecular weight excluding hydrogens is 232 g/mol. The number of hydrogen-bond acceptors (Lipinski definition) is 4. The van der Waals surface area contributed by atoms with Crippen molar-refractivity contribution >= 4 is 17.3 Å². The number of benzene rings is 1. The highest BCUT2D eigenvalue weighted by atomic mass is 16.5. The summed E-state index contributed by atoms with van der Waals surface area (Å²) in [5, 5.41) is 0.362. The summed E-state index contributed by atoms with van der Waals surface area (Å²) in [6, 6.07) is 5.08. The minimum Gasteiger partial charge on any atom is -0.489 e.